The Morgan fingerprint density at radius 3 is 2.18 bits per heavy atom. The summed E-state index contributed by atoms with van der Waals surface area (Å²) in [7, 11) is 0. The average Bonchev–Trinajstić information content (AvgIpc) is 2.30. The molecule has 0 radical (unpaired) electrons. The molecule has 1 heteroatoms. The van der Waals surface area contributed by atoms with Crippen LogP contribution in [0.3, 0.4) is 0 Å². The molecule has 0 amide bonds. The number of rotatable bonds is 3. The van der Waals surface area contributed by atoms with Crippen LogP contribution in [0.25, 0.3) is 0 Å². The van der Waals surface area contributed by atoms with Crippen molar-refractivity contribution in [3.63, 3.8) is 0 Å². The number of hydrogen-bond acceptors (Lipinski definition) is 1. The third kappa shape index (κ3) is 4.51. The molecule has 17 heavy (non-hydrogen) atoms. The van der Waals surface area contributed by atoms with E-state index >= 15 is 0 Å². The van der Waals surface area contributed by atoms with Crippen LogP contribution in [0.4, 0.5) is 0 Å². The van der Waals surface area contributed by atoms with Gasteiger partial charge in [-0.25, -0.2) is 0 Å². The third-order valence-electron chi connectivity index (χ3n) is 3.82. The molecule has 1 aromatic carbocycles. The Morgan fingerprint density at radius 1 is 0.941 bits per heavy atom. The van der Waals surface area contributed by atoms with Gasteiger partial charge in [-0.1, -0.05) is 61.9 Å². The van der Waals surface area contributed by atoms with Gasteiger partial charge in [-0.3, -0.25) is 0 Å². The van der Waals surface area contributed by atoms with Crippen molar-refractivity contribution in [2.75, 3.05) is 0 Å². The highest BCUT2D eigenvalue weighted by molar-refractivity contribution is 5.21. The normalized spacial score (nSPS) is 18.6. The van der Waals surface area contributed by atoms with Crippen molar-refractivity contribution < 1.29 is 0 Å². The van der Waals surface area contributed by atoms with Crippen molar-refractivity contribution in [3.05, 3.63) is 35.4 Å². The first kappa shape index (κ1) is 12.6. The molecule has 1 fully saturated rings. The molecule has 0 aromatic heterocycles. The van der Waals surface area contributed by atoms with E-state index in [1.165, 1.54) is 56.1 Å². The molecule has 0 unspecified atom stereocenters. The zero-order chi connectivity index (χ0) is 11.9. The number of nitrogens with one attached hydrogen (secondary N) is 1. The highest BCUT2D eigenvalue weighted by atomic mass is 14.9. The Hall–Kier alpha value is -0.820. The van der Waals surface area contributed by atoms with E-state index in [2.05, 4.69) is 36.5 Å². The average molecular weight is 231 g/mol. The summed E-state index contributed by atoms with van der Waals surface area (Å²) in [4.78, 5) is 0. The highest BCUT2D eigenvalue weighted by Gasteiger charge is 2.10. The third-order valence-corrected chi connectivity index (χ3v) is 3.82. The summed E-state index contributed by atoms with van der Waals surface area (Å²) in [6, 6.07) is 9.64. The quantitative estimate of drug-likeness (QED) is 0.822. The topological polar surface area (TPSA) is 12.0 Å². The summed E-state index contributed by atoms with van der Waals surface area (Å²) >= 11 is 0. The van der Waals surface area contributed by atoms with Crippen molar-refractivity contribution in [2.45, 2.75) is 64.5 Å². The van der Waals surface area contributed by atoms with Gasteiger partial charge >= 0.3 is 0 Å². The molecule has 1 saturated carbocycles. The number of hydrogen-bond donors (Lipinski definition) is 1. The van der Waals surface area contributed by atoms with Crippen LogP contribution in [0.15, 0.2) is 24.3 Å². The van der Waals surface area contributed by atoms with Gasteiger partial charge in [-0.2, -0.15) is 0 Å². The van der Waals surface area contributed by atoms with Crippen molar-refractivity contribution in [1.29, 1.82) is 0 Å². The van der Waals surface area contributed by atoms with E-state index in [4.69, 9.17) is 0 Å². The molecule has 1 nitrogen and oxygen atoms in total. The zero-order valence-corrected chi connectivity index (χ0v) is 11.0. The lowest BCUT2D eigenvalue weighted by molar-refractivity contribution is 0.389. The van der Waals surface area contributed by atoms with Gasteiger partial charge in [0.15, 0.2) is 0 Å². The summed E-state index contributed by atoms with van der Waals surface area (Å²) < 4.78 is 0. The molecule has 0 heterocycles. The van der Waals surface area contributed by atoms with Gasteiger partial charge in [-0.05, 0) is 25.3 Å². The summed E-state index contributed by atoms with van der Waals surface area (Å²) in [5.41, 5.74) is 2.76. The second-order valence-electron chi connectivity index (χ2n) is 5.41. The van der Waals surface area contributed by atoms with E-state index in [1.807, 2.05) is 0 Å². The maximum Gasteiger partial charge on any atom is 0.0208 e. The maximum atomic E-state index is 3.73. The van der Waals surface area contributed by atoms with Gasteiger partial charge in [0.05, 0.1) is 0 Å². The summed E-state index contributed by atoms with van der Waals surface area (Å²) in [5.74, 6) is 0. The Balaban J connectivity index is 1.77. The van der Waals surface area contributed by atoms with Crippen LogP contribution in [0.2, 0.25) is 0 Å². The van der Waals surface area contributed by atoms with E-state index in [-0.39, 0.29) is 0 Å². The fourth-order valence-corrected chi connectivity index (χ4v) is 2.63. The van der Waals surface area contributed by atoms with E-state index in [9.17, 15) is 0 Å². The lowest BCUT2D eigenvalue weighted by Gasteiger charge is -2.21. The molecule has 1 aromatic rings. The standard InChI is InChI=1S/C16H25N/c1-14-9-11-15(12-10-14)13-17-16-7-5-3-2-4-6-8-16/h9-12,16-17H,2-8,13H2,1H3. The van der Waals surface area contributed by atoms with Crippen LogP contribution in [-0.2, 0) is 6.54 Å². The second kappa shape index (κ2) is 6.80. The molecule has 0 spiro atoms. The van der Waals surface area contributed by atoms with E-state index in [0.717, 1.165) is 12.6 Å². The van der Waals surface area contributed by atoms with Gasteiger partial charge in [-0.15, -0.1) is 0 Å². The van der Waals surface area contributed by atoms with Crippen molar-refractivity contribution in [2.24, 2.45) is 0 Å². The van der Waals surface area contributed by atoms with Crippen LogP contribution in [-0.4, -0.2) is 6.04 Å². The predicted molar refractivity (Wildman–Crippen MR) is 74.1 cm³/mol. The summed E-state index contributed by atoms with van der Waals surface area (Å²) in [6.07, 6.45) is 9.87. The Bertz CT molecular complexity index is 307. The molecular weight excluding hydrogens is 206 g/mol. The molecule has 0 saturated heterocycles. The molecule has 0 atom stereocenters. The monoisotopic (exact) mass is 231 g/mol. The van der Waals surface area contributed by atoms with Crippen LogP contribution >= 0.6 is 0 Å². The smallest absolute Gasteiger partial charge is 0.0208 e. The van der Waals surface area contributed by atoms with Crippen molar-refractivity contribution >= 4 is 0 Å². The molecule has 2 rings (SSSR count). The molecule has 1 aliphatic carbocycles. The first-order valence-electron chi connectivity index (χ1n) is 7.13. The van der Waals surface area contributed by atoms with Crippen LogP contribution in [0, 0.1) is 6.92 Å². The van der Waals surface area contributed by atoms with Crippen LogP contribution in [0.1, 0.15) is 56.1 Å². The molecule has 0 bridgehead atoms. The fourth-order valence-electron chi connectivity index (χ4n) is 2.63. The summed E-state index contributed by atoms with van der Waals surface area (Å²) in [6.45, 7) is 3.18. The number of benzene rings is 1. The molecule has 1 N–H and O–H groups in total. The second-order valence-corrected chi connectivity index (χ2v) is 5.41. The predicted octanol–water partition coefficient (Wildman–Crippen LogP) is 4.20. The molecule has 0 aliphatic heterocycles. The van der Waals surface area contributed by atoms with Gasteiger partial charge in [0.1, 0.15) is 0 Å². The highest BCUT2D eigenvalue weighted by Crippen LogP contribution is 2.17. The van der Waals surface area contributed by atoms with Crippen molar-refractivity contribution in [1.82, 2.24) is 5.32 Å². The maximum absolute atomic E-state index is 3.73. The molecule has 94 valence electrons. The SMILES string of the molecule is Cc1ccc(CNC2CCCCCCC2)cc1. The Labute approximate surface area is 106 Å². The molecule has 1 aliphatic rings. The van der Waals surface area contributed by atoms with E-state index < -0.39 is 0 Å². The molecular formula is C16H25N. The van der Waals surface area contributed by atoms with Gasteiger partial charge in [0.25, 0.3) is 0 Å². The van der Waals surface area contributed by atoms with Gasteiger partial charge in [0.2, 0.25) is 0 Å². The fraction of sp³-hybridized carbons (Fsp3) is 0.625. The Kier molecular flexibility index (Phi) is 5.06. The Morgan fingerprint density at radius 2 is 1.53 bits per heavy atom. The minimum absolute atomic E-state index is 0.747. The lowest BCUT2D eigenvalue weighted by atomic mass is 9.96. The number of aryl methyl sites for hydroxylation is 1. The largest absolute Gasteiger partial charge is 0.310 e. The first-order chi connectivity index (χ1) is 8.34. The van der Waals surface area contributed by atoms with Gasteiger partial charge in [0, 0.05) is 12.6 Å². The van der Waals surface area contributed by atoms with Gasteiger partial charge < -0.3 is 5.32 Å². The van der Waals surface area contributed by atoms with Crippen LogP contribution in [0.5, 0.6) is 0 Å². The minimum atomic E-state index is 0.747. The zero-order valence-electron chi connectivity index (χ0n) is 11.0. The van der Waals surface area contributed by atoms with Crippen molar-refractivity contribution in [3.8, 4) is 0 Å². The summed E-state index contributed by atoms with van der Waals surface area (Å²) in [5, 5.41) is 3.73. The minimum Gasteiger partial charge on any atom is -0.310 e. The lowest BCUT2D eigenvalue weighted by Crippen LogP contribution is -2.29. The van der Waals surface area contributed by atoms with E-state index in [0.29, 0.717) is 0 Å². The first-order valence-corrected chi connectivity index (χ1v) is 7.13. The van der Waals surface area contributed by atoms with E-state index in [1.54, 1.807) is 0 Å². The van der Waals surface area contributed by atoms with Crippen LogP contribution < -0.4 is 5.32 Å².